The fraction of sp³-hybridized carbons (Fsp3) is 0.250. The molecule has 0 saturated carbocycles. The highest BCUT2D eigenvalue weighted by atomic mass is 32.1. The first kappa shape index (κ1) is 14.1. The van der Waals surface area contributed by atoms with Crippen molar-refractivity contribution < 1.29 is 0 Å². The molecule has 2 aromatic rings. The monoisotopic (exact) mass is 313 g/mol. The largest absolute Gasteiger partial charge is 0.358 e. The van der Waals surface area contributed by atoms with Gasteiger partial charge in [0, 0.05) is 11.4 Å². The van der Waals surface area contributed by atoms with E-state index in [1.54, 1.807) is 11.3 Å². The van der Waals surface area contributed by atoms with Crippen molar-refractivity contribution >= 4 is 33.7 Å². The van der Waals surface area contributed by atoms with Crippen LogP contribution < -0.4 is 10.6 Å². The van der Waals surface area contributed by atoms with Crippen LogP contribution in [-0.4, -0.2) is 5.11 Å². The summed E-state index contributed by atoms with van der Waals surface area (Å²) in [5, 5.41) is 17.2. The SMILES string of the molecule is N#Cc1c(NC(=S)NCc2ccccc2)sc2c1CCC2. The third-order valence-electron chi connectivity index (χ3n) is 3.56. The quantitative estimate of drug-likeness (QED) is 0.850. The van der Waals surface area contributed by atoms with Crippen LogP contribution in [0.5, 0.6) is 0 Å². The van der Waals surface area contributed by atoms with Crippen LogP contribution in [0.4, 0.5) is 5.00 Å². The summed E-state index contributed by atoms with van der Waals surface area (Å²) >= 11 is 6.99. The number of aryl methyl sites for hydroxylation is 1. The lowest BCUT2D eigenvalue weighted by Gasteiger charge is -2.09. The first-order chi connectivity index (χ1) is 10.3. The number of thiocarbonyl (C=S) groups is 1. The third-order valence-corrected chi connectivity index (χ3v) is 5.01. The number of benzene rings is 1. The summed E-state index contributed by atoms with van der Waals surface area (Å²) < 4.78 is 0. The number of nitriles is 1. The molecule has 0 bridgehead atoms. The highest BCUT2D eigenvalue weighted by Gasteiger charge is 2.22. The molecule has 0 saturated heterocycles. The number of thiophene rings is 1. The zero-order valence-corrected chi connectivity index (χ0v) is 13.1. The summed E-state index contributed by atoms with van der Waals surface area (Å²) in [5.74, 6) is 0. The number of hydrogen-bond acceptors (Lipinski definition) is 3. The number of anilines is 1. The van der Waals surface area contributed by atoms with Crippen molar-refractivity contribution in [1.29, 1.82) is 5.26 Å². The molecule has 3 rings (SSSR count). The molecule has 106 valence electrons. The molecule has 0 unspecified atom stereocenters. The van der Waals surface area contributed by atoms with Gasteiger partial charge in [0.2, 0.25) is 0 Å². The maximum atomic E-state index is 9.35. The van der Waals surface area contributed by atoms with E-state index in [4.69, 9.17) is 12.2 Å². The first-order valence-electron chi connectivity index (χ1n) is 6.91. The zero-order chi connectivity index (χ0) is 14.7. The molecular formula is C16H15N3S2. The van der Waals surface area contributed by atoms with E-state index in [1.165, 1.54) is 16.0 Å². The Bertz CT molecular complexity index is 698. The van der Waals surface area contributed by atoms with Gasteiger partial charge < -0.3 is 10.6 Å². The van der Waals surface area contributed by atoms with Crippen LogP contribution in [0, 0.1) is 11.3 Å². The molecule has 1 heterocycles. The van der Waals surface area contributed by atoms with Crippen LogP contribution in [0.25, 0.3) is 0 Å². The number of nitrogens with one attached hydrogen (secondary N) is 2. The minimum absolute atomic E-state index is 0.565. The molecule has 5 heteroatoms. The normalized spacial score (nSPS) is 12.5. The van der Waals surface area contributed by atoms with Crippen LogP contribution in [0.3, 0.4) is 0 Å². The lowest BCUT2D eigenvalue weighted by atomic mass is 10.1. The van der Waals surface area contributed by atoms with Crippen molar-refractivity contribution in [2.75, 3.05) is 5.32 Å². The summed E-state index contributed by atoms with van der Waals surface area (Å²) in [7, 11) is 0. The van der Waals surface area contributed by atoms with Crippen molar-refractivity contribution in [3.63, 3.8) is 0 Å². The van der Waals surface area contributed by atoms with Crippen LogP contribution in [0.15, 0.2) is 30.3 Å². The summed E-state index contributed by atoms with van der Waals surface area (Å²) in [6, 6.07) is 12.4. The van der Waals surface area contributed by atoms with E-state index in [0.717, 1.165) is 29.8 Å². The Balaban J connectivity index is 1.64. The molecule has 0 amide bonds. The second-order valence-electron chi connectivity index (χ2n) is 4.97. The molecule has 0 aliphatic heterocycles. The Labute approximate surface area is 133 Å². The number of rotatable bonds is 3. The van der Waals surface area contributed by atoms with E-state index >= 15 is 0 Å². The van der Waals surface area contributed by atoms with Gasteiger partial charge in [-0.25, -0.2) is 0 Å². The molecule has 3 nitrogen and oxygen atoms in total. The highest BCUT2D eigenvalue weighted by molar-refractivity contribution is 7.80. The van der Waals surface area contributed by atoms with Gasteiger partial charge in [-0.1, -0.05) is 30.3 Å². The molecule has 1 aliphatic rings. The zero-order valence-electron chi connectivity index (χ0n) is 11.5. The Kier molecular flexibility index (Phi) is 4.18. The molecule has 1 aromatic heterocycles. The smallest absolute Gasteiger partial charge is 0.171 e. The summed E-state index contributed by atoms with van der Waals surface area (Å²) in [5.41, 5.74) is 3.17. The van der Waals surface area contributed by atoms with Crippen LogP contribution in [0.1, 0.15) is 28.0 Å². The van der Waals surface area contributed by atoms with E-state index in [0.29, 0.717) is 11.7 Å². The molecule has 0 spiro atoms. The molecule has 0 radical (unpaired) electrons. The van der Waals surface area contributed by atoms with Crippen molar-refractivity contribution in [2.45, 2.75) is 25.8 Å². The maximum Gasteiger partial charge on any atom is 0.171 e. The Morgan fingerprint density at radius 1 is 1.29 bits per heavy atom. The van der Waals surface area contributed by atoms with Crippen LogP contribution in [0.2, 0.25) is 0 Å². The second kappa shape index (κ2) is 6.25. The van der Waals surface area contributed by atoms with E-state index in [1.807, 2.05) is 18.2 Å². The van der Waals surface area contributed by atoms with Crippen molar-refractivity contribution in [1.82, 2.24) is 5.32 Å². The maximum absolute atomic E-state index is 9.35. The average molecular weight is 313 g/mol. The van der Waals surface area contributed by atoms with E-state index in [9.17, 15) is 5.26 Å². The van der Waals surface area contributed by atoms with Gasteiger partial charge in [0.25, 0.3) is 0 Å². The third kappa shape index (κ3) is 3.07. The summed E-state index contributed by atoms with van der Waals surface area (Å²) in [4.78, 5) is 1.33. The Morgan fingerprint density at radius 2 is 2.10 bits per heavy atom. The fourth-order valence-electron chi connectivity index (χ4n) is 2.54. The second-order valence-corrected chi connectivity index (χ2v) is 6.48. The fourth-order valence-corrected chi connectivity index (χ4v) is 4.02. The van der Waals surface area contributed by atoms with Crippen molar-refractivity contribution in [2.24, 2.45) is 0 Å². The van der Waals surface area contributed by atoms with E-state index in [2.05, 4.69) is 28.8 Å². The number of hydrogen-bond donors (Lipinski definition) is 2. The van der Waals surface area contributed by atoms with Gasteiger partial charge >= 0.3 is 0 Å². The molecule has 21 heavy (non-hydrogen) atoms. The number of fused-ring (bicyclic) bond motifs is 1. The van der Waals surface area contributed by atoms with Gasteiger partial charge in [-0.2, -0.15) is 5.26 Å². The lowest BCUT2D eigenvalue weighted by molar-refractivity contribution is 0.913. The van der Waals surface area contributed by atoms with Gasteiger partial charge in [0.15, 0.2) is 5.11 Å². The lowest BCUT2D eigenvalue weighted by Crippen LogP contribution is -2.27. The van der Waals surface area contributed by atoms with E-state index < -0.39 is 0 Å². The minimum atomic E-state index is 0.565. The van der Waals surface area contributed by atoms with Gasteiger partial charge in [0.1, 0.15) is 11.1 Å². The Morgan fingerprint density at radius 3 is 2.86 bits per heavy atom. The Hall–Kier alpha value is -1.90. The molecular weight excluding hydrogens is 298 g/mol. The van der Waals surface area contributed by atoms with Gasteiger partial charge in [-0.15, -0.1) is 11.3 Å². The van der Waals surface area contributed by atoms with Gasteiger partial charge in [-0.05, 0) is 42.6 Å². The van der Waals surface area contributed by atoms with E-state index in [-0.39, 0.29) is 0 Å². The van der Waals surface area contributed by atoms with Crippen molar-refractivity contribution in [3.05, 3.63) is 51.9 Å². The first-order valence-corrected chi connectivity index (χ1v) is 8.14. The highest BCUT2D eigenvalue weighted by Crippen LogP contribution is 2.38. The van der Waals surface area contributed by atoms with Gasteiger partial charge in [-0.3, -0.25) is 0 Å². The predicted molar refractivity (Wildman–Crippen MR) is 90.6 cm³/mol. The van der Waals surface area contributed by atoms with Gasteiger partial charge in [0.05, 0.1) is 5.56 Å². The topological polar surface area (TPSA) is 47.9 Å². The molecule has 1 aromatic carbocycles. The van der Waals surface area contributed by atoms with Crippen LogP contribution >= 0.6 is 23.6 Å². The number of nitrogens with zero attached hydrogens (tertiary/aromatic N) is 1. The minimum Gasteiger partial charge on any atom is -0.358 e. The van der Waals surface area contributed by atoms with Crippen molar-refractivity contribution in [3.8, 4) is 6.07 Å². The predicted octanol–water partition coefficient (Wildman–Crippen LogP) is 3.60. The molecule has 1 aliphatic carbocycles. The average Bonchev–Trinajstić information content (AvgIpc) is 3.06. The molecule has 0 fully saturated rings. The molecule has 0 atom stereocenters. The summed E-state index contributed by atoms with van der Waals surface area (Å²) in [6.07, 6.45) is 3.26. The van der Waals surface area contributed by atoms with Crippen LogP contribution in [-0.2, 0) is 19.4 Å². The summed E-state index contributed by atoms with van der Waals surface area (Å²) in [6.45, 7) is 0.680. The standard InChI is InChI=1S/C16H15N3S2/c17-9-13-12-7-4-8-14(12)21-15(13)19-16(20)18-10-11-5-2-1-3-6-11/h1-3,5-6H,4,7-8,10H2,(H2,18,19,20). The molecule has 2 N–H and O–H groups in total.